The Bertz CT molecular complexity index is 653. The molecule has 0 aliphatic carbocycles. The Morgan fingerprint density at radius 2 is 2.16 bits per heavy atom. The van der Waals surface area contributed by atoms with Gasteiger partial charge in [-0.25, -0.2) is 0 Å². The zero-order valence-electron chi connectivity index (χ0n) is 10.3. The maximum Gasteiger partial charge on any atom is 0.278 e. The molecule has 100 valence electrons. The van der Waals surface area contributed by atoms with Crippen LogP contribution in [0, 0.1) is 13.8 Å². The van der Waals surface area contributed by atoms with Crippen LogP contribution in [0.4, 0.5) is 11.4 Å². The molecule has 2 aromatic rings. The van der Waals surface area contributed by atoms with Crippen molar-refractivity contribution in [3.8, 4) is 0 Å². The molecule has 19 heavy (non-hydrogen) atoms. The Morgan fingerprint density at radius 1 is 1.47 bits per heavy atom. The topological polar surface area (TPSA) is 83.8 Å². The first kappa shape index (κ1) is 13.9. The fraction of sp³-hybridized carbons (Fsp3) is 0.167. The quantitative estimate of drug-likeness (QED) is 0.782. The SMILES string of the molecule is Cc1cc(Br)c(NC(=O)c2n[nH]c(C)c2N)cc1Cl. The lowest BCUT2D eigenvalue weighted by Crippen LogP contribution is -2.14. The Kier molecular flexibility index (Phi) is 3.82. The molecule has 0 bridgehead atoms. The third-order valence-corrected chi connectivity index (χ3v) is 3.77. The number of benzene rings is 1. The summed E-state index contributed by atoms with van der Waals surface area (Å²) in [7, 11) is 0. The van der Waals surface area contributed by atoms with Crippen molar-refractivity contribution < 1.29 is 4.79 Å². The van der Waals surface area contributed by atoms with Crippen molar-refractivity contribution in [2.45, 2.75) is 13.8 Å². The van der Waals surface area contributed by atoms with Gasteiger partial charge in [-0.3, -0.25) is 9.89 Å². The Labute approximate surface area is 123 Å². The summed E-state index contributed by atoms with van der Waals surface area (Å²) >= 11 is 9.41. The number of nitrogens with two attached hydrogens (primary N) is 1. The molecule has 0 saturated carbocycles. The minimum atomic E-state index is -0.387. The molecular formula is C12H12BrClN4O. The summed E-state index contributed by atoms with van der Waals surface area (Å²) in [6, 6.07) is 3.51. The van der Waals surface area contributed by atoms with Gasteiger partial charge in [-0.15, -0.1) is 0 Å². The van der Waals surface area contributed by atoms with Crippen LogP contribution in [-0.2, 0) is 0 Å². The molecule has 0 aliphatic heterocycles. The van der Waals surface area contributed by atoms with Crippen LogP contribution in [0.1, 0.15) is 21.7 Å². The van der Waals surface area contributed by atoms with Crippen LogP contribution in [0.25, 0.3) is 0 Å². The number of halogens is 2. The monoisotopic (exact) mass is 342 g/mol. The van der Waals surface area contributed by atoms with Gasteiger partial charge < -0.3 is 11.1 Å². The van der Waals surface area contributed by atoms with Gasteiger partial charge in [-0.1, -0.05) is 11.6 Å². The predicted molar refractivity (Wildman–Crippen MR) is 79.6 cm³/mol. The molecule has 7 heteroatoms. The van der Waals surface area contributed by atoms with Gasteiger partial charge in [-0.05, 0) is 47.5 Å². The zero-order valence-corrected chi connectivity index (χ0v) is 12.7. The maximum absolute atomic E-state index is 12.1. The Morgan fingerprint density at radius 3 is 2.74 bits per heavy atom. The van der Waals surface area contributed by atoms with E-state index >= 15 is 0 Å². The van der Waals surface area contributed by atoms with Crippen molar-refractivity contribution in [2.24, 2.45) is 0 Å². The average Bonchev–Trinajstić information content (AvgIpc) is 2.67. The molecule has 1 aromatic heterocycles. The number of carbonyl (C=O) groups is 1. The number of aromatic nitrogens is 2. The number of H-pyrrole nitrogens is 1. The fourth-order valence-corrected chi connectivity index (χ4v) is 2.26. The minimum Gasteiger partial charge on any atom is -0.395 e. The average molecular weight is 344 g/mol. The number of rotatable bonds is 2. The summed E-state index contributed by atoms with van der Waals surface area (Å²) < 4.78 is 0.744. The number of nitrogens with zero attached hydrogens (tertiary/aromatic N) is 1. The molecule has 1 aromatic carbocycles. The fourth-order valence-electron chi connectivity index (χ4n) is 1.53. The van der Waals surface area contributed by atoms with E-state index in [9.17, 15) is 4.79 Å². The number of aryl methyl sites for hydroxylation is 2. The number of hydrogen-bond acceptors (Lipinski definition) is 3. The number of hydrogen-bond donors (Lipinski definition) is 3. The van der Waals surface area contributed by atoms with Gasteiger partial charge in [0.15, 0.2) is 5.69 Å². The third kappa shape index (κ3) is 2.74. The van der Waals surface area contributed by atoms with Crippen molar-refractivity contribution >= 4 is 44.8 Å². The molecule has 0 fully saturated rings. The van der Waals surface area contributed by atoms with Crippen LogP contribution in [0.15, 0.2) is 16.6 Å². The molecule has 0 unspecified atom stereocenters. The lowest BCUT2D eigenvalue weighted by Gasteiger charge is -2.08. The third-order valence-electron chi connectivity index (χ3n) is 2.71. The van der Waals surface area contributed by atoms with Crippen LogP contribution >= 0.6 is 27.5 Å². The first-order chi connectivity index (χ1) is 8.90. The molecule has 5 nitrogen and oxygen atoms in total. The summed E-state index contributed by atoms with van der Waals surface area (Å²) in [5, 5.41) is 9.83. The zero-order chi connectivity index (χ0) is 14.2. The van der Waals surface area contributed by atoms with E-state index in [1.807, 2.05) is 13.0 Å². The van der Waals surface area contributed by atoms with Gasteiger partial charge in [-0.2, -0.15) is 5.10 Å². The van der Waals surface area contributed by atoms with Crippen molar-refractivity contribution in [3.63, 3.8) is 0 Å². The van der Waals surface area contributed by atoms with Crippen LogP contribution in [0.2, 0.25) is 5.02 Å². The number of aromatic amines is 1. The van der Waals surface area contributed by atoms with E-state index in [4.69, 9.17) is 17.3 Å². The van der Waals surface area contributed by atoms with Crippen molar-refractivity contribution in [2.75, 3.05) is 11.1 Å². The van der Waals surface area contributed by atoms with E-state index in [2.05, 4.69) is 31.4 Å². The van der Waals surface area contributed by atoms with E-state index in [1.165, 1.54) is 0 Å². The van der Waals surface area contributed by atoms with Gasteiger partial charge in [0.1, 0.15) is 0 Å². The largest absolute Gasteiger partial charge is 0.395 e. The first-order valence-corrected chi connectivity index (χ1v) is 6.64. The number of carbonyl (C=O) groups excluding carboxylic acids is 1. The predicted octanol–water partition coefficient (Wildman–Crippen LogP) is 3.28. The van der Waals surface area contributed by atoms with Crippen molar-refractivity contribution in [3.05, 3.63) is 38.6 Å². The van der Waals surface area contributed by atoms with Crippen molar-refractivity contribution in [1.82, 2.24) is 10.2 Å². The van der Waals surface area contributed by atoms with Gasteiger partial charge in [0, 0.05) is 9.50 Å². The highest BCUT2D eigenvalue weighted by Crippen LogP contribution is 2.29. The second-order valence-electron chi connectivity index (χ2n) is 4.15. The molecule has 4 N–H and O–H groups in total. The maximum atomic E-state index is 12.1. The number of anilines is 2. The standard InChI is InChI=1S/C12H12BrClN4O/c1-5-3-7(13)9(4-8(5)14)16-12(19)11-10(15)6(2)17-18-11/h3-4H,15H2,1-2H3,(H,16,19)(H,17,18). The first-order valence-electron chi connectivity index (χ1n) is 5.47. The summed E-state index contributed by atoms with van der Waals surface area (Å²) in [6.07, 6.45) is 0. The lowest BCUT2D eigenvalue weighted by molar-refractivity contribution is 0.102. The number of nitrogens with one attached hydrogen (secondary N) is 2. The molecule has 0 spiro atoms. The molecule has 0 aliphatic rings. The second-order valence-corrected chi connectivity index (χ2v) is 5.41. The molecule has 2 rings (SSSR count). The van der Waals surface area contributed by atoms with Gasteiger partial charge in [0.05, 0.1) is 17.1 Å². The van der Waals surface area contributed by atoms with Gasteiger partial charge >= 0.3 is 0 Å². The molecular weight excluding hydrogens is 332 g/mol. The minimum absolute atomic E-state index is 0.168. The van der Waals surface area contributed by atoms with E-state index < -0.39 is 0 Å². The van der Waals surface area contributed by atoms with Crippen LogP contribution in [0.5, 0.6) is 0 Å². The van der Waals surface area contributed by atoms with E-state index in [-0.39, 0.29) is 11.6 Å². The van der Waals surface area contributed by atoms with E-state index in [1.54, 1.807) is 13.0 Å². The molecule has 0 atom stereocenters. The second kappa shape index (κ2) is 5.22. The van der Waals surface area contributed by atoms with Crippen molar-refractivity contribution in [1.29, 1.82) is 0 Å². The smallest absolute Gasteiger partial charge is 0.278 e. The summed E-state index contributed by atoms with van der Waals surface area (Å²) in [6.45, 7) is 3.63. The molecule has 0 saturated heterocycles. The van der Waals surface area contributed by atoms with Gasteiger partial charge in [0.2, 0.25) is 0 Å². The van der Waals surface area contributed by atoms with Crippen LogP contribution in [-0.4, -0.2) is 16.1 Å². The summed E-state index contributed by atoms with van der Waals surface area (Å²) in [5.41, 5.74) is 8.41. The molecule has 1 heterocycles. The van der Waals surface area contributed by atoms with Crippen LogP contribution in [0.3, 0.4) is 0 Å². The number of amides is 1. The molecule has 0 radical (unpaired) electrons. The van der Waals surface area contributed by atoms with Crippen LogP contribution < -0.4 is 11.1 Å². The van der Waals surface area contributed by atoms with E-state index in [0.717, 1.165) is 10.0 Å². The normalized spacial score (nSPS) is 10.5. The summed E-state index contributed by atoms with van der Waals surface area (Å²) in [4.78, 5) is 12.1. The Hall–Kier alpha value is -1.53. The number of nitrogen functional groups attached to an aromatic ring is 1. The summed E-state index contributed by atoms with van der Waals surface area (Å²) in [5.74, 6) is -0.387. The molecule has 1 amide bonds. The van der Waals surface area contributed by atoms with E-state index in [0.29, 0.717) is 22.1 Å². The Balaban J connectivity index is 2.29. The lowest BCUT2D eigenvalue weighted by atomic mass is 10.2. The highest BCUT2D eigenvalue weighted by atomic mass is 79.9. The highest BCUT2D eigenvalue weighted by Gasteiger charge is 2.16. The van der Waals surface area contributed by atoms with Gasteiger partial charge in [0.25, 0.3) is 5.91 Å². The highest BCUT2D eigenvalue weighted by molar-refractivity contribution is 9.10.